The molecule has 1 N–H and O–H groups in total. The third kappa shape index (κ3) is 2.04. The van der Waals surface area contributed by atoms with Gasteiger partial charge in [-0.05, 0) is 25.8 Å². The maximum Gasteiger partial charge on any atom is 0.346 e. The van der Waals surface area contributed by atoms with E-state index in [4.69, 9.17) is 9.52 Å². The molecule has 1 aliphatic heterocycles. The van der Waals surface area contributed by atoms with Crippen molar-refractivity contribution in [1.82, 2.24) is 14.3 Å². The van der Waals surface area contributed by atoms with Gasteiger partial charge in [0, 0.05) is 13.0 Å². The topological polar surface area (TPSA) is 90.3 Å². The molecule has 0 saturated carbocycles. The highest BCUT2D eigenvalue weighted by Crippen LogP contribution is 2.16. The van der Waals surface area contributed by atoms with Crippen molar-refractivity contribution in [3.8, 4) is 0 Å². The average molecular weight is 277 g/mol. The molecule has 0 spiro atoms. The van der Waals surface area contributed by atoms with Gasteiger partial charge in [0.15, 0.2) is 0 Å². The van der Waals surface area contributed by atoms with Crippen molar-refractivity contribution in [2.45, 2.75) is 39.3 Å². The molecule has 7 heteroatoms. The molecule has 1 aliphatic rings. The molecule has 0 bridgehead atoms. The summed E-state index contributed by atoms with van der Waals surface area (Å²) in [4.78, 5) is 23.1. The molecular formula is C13H15N3O4. The van der Waals surface area contributed by atoms with Crippen LogP contribution >= 0.6 is 0 Å². The number of aromatic carboxylic acids is 1. The summed E-state index contributed by atoms with van der Waals surface area (Å²) in [6.07, 6.45) is 2.83. The maximum absolute atomic E-state index is 12.1. The van der Waals surface area contributed by atoms with Gasteiger partial charge in [-0.1, -0.05) is 0 Å². The molecule has 2 aromatic rings. The summed E-state index contributed by atoms with van der Waals surface area (Å²) in [6.45, 7) is 2.45. The lowest BCUT2D eigenvalue weighted by Gasteiger charge is -2.09. The van der Waals surface area contributed by atoms with Crippen LogP contribution in [0.1, 0.15) is 40.5 Å². The Balaban J connectivity index is 1.92. The van der Waals surface area contributed by atoms with Crippen molar-refractivity contribution in [2.75, 3.05) is 0 Å². The maximum atomic E-state index is 12.1. The summed E-state index contributed by atoms with van der Waals surface area (Å²) in [5.74, 6) is 0.527. The minimum atomic E-state index is -1.03. The number of hydrogen-bond acceptors (Lipinski definition) is 4. The van der Waals surface area contributed by atoms with E-state index < -0.39 is 5.97 Å². The number of fused-ring (bicyclic) bond motifs is 1. The fourth-order valence-electron chi connectivity index (χ4n) is 2.53. The SMILES string of the molecule is Cc1oc(Cn2nc3n(c2=O)CCCC3)cc1C(=O)O. The van der Waals surface area contributed by atoms with Crippen molar-refractivity contribution in [1.29, 1.82) is 0 Å². The van der Waals surface area contributed by atoms with Crippen molar-refractivity contribution in [2.24, 2.45) is 0 Å². The summed E-state index contributed by atoms with van der Waals surface area (Å²) >= 11 is 0. The second-order valence-electron chi connectivity index (χ2n) is 4.95. The molecule has 0 unspecified atom stereocenters. The minimum absolute atomic E-state index is 0.122. The first-order valence-corrected chi connectivity index (χ1v) is 6.55. The molecule has 0 saturated heterocycles. The Morgan fingerprint density at radius 2 is 2.30 bits per heavy atom. The summed E-state index contributed by atoms with van der Waals surface area (Å²) in [7, 11) is 0. The van der Waals surface area contributed by atoms with E-state index in [0.717, 1.165) is 25.1 Å². The molecule has 0 aliphatic carbocycles. The second kappa shape index (κ2) is 4.66. The molecule has 0 atom stereocenters. The number of carbonyl (C=O) groups is 1. The number of carboxylic acids is 1. The summed E-state index contributed by atoms with van der Waals surface area (Å²) < 4.78 is 8.39. The fourth-order valence-corrected chi connectivity index (χ4v) is 2.53. The van der Waals surface area contributed by atoms with E-state index in [1.165, 1.54) is 10.7 Å². The summed E-state index contributed by atoms with van der Waals surface area (Å²) in [6, 6.07) is 1.45. The highest BCUT2D eigenvalue weighted by Gasteiger charge is 2.19. The van der Waals surface area contributed by atoms with Gasteiger partial charge in [0.05, 0.1) is 0 Å². The standard InChI is InChI=1S/C13H15N3O4/c1-8-10(12(17)18)6-9(20-8)7-16-13(19)15-5-3-2-4-11(15)14-16/h6H,2-5,7H2,1H3,(H,17,18). The van der Waals surface area contributed by atoms with Gasteiger partial charge in [0.2, 0.25) is 0 Å². The van der Waals surface area contributed by atoms with Crippen LogP contribution < -0.4 is 5.69 Å². The van der Waals surface area contributed by atoms with Crippen molar-refractivity contribution in [3.63, 3.8) is 0 Å². The molecule has 20 heavy (non-hydrogen) atoms. The average Bonchev–Trinajstić information content (AvgIpc) is 2.92. The lowest BCUT2D eigenvalue weighted by Crippen LogP contribution is -2.27. The minimum Gasteiger partial charge on any atom is -0.478 e. The second-order valence-corrected chi connectivity index (χ2v) is 4.95. The van der Waals surface area contributed by atoms with E-state index in [1.54, 1.807) is 11.5 Å². The number of furan rings is 1. The van der Waals surface area contributed by atoms with Gasteiger partial charge in [-0.25, -0.2) is 14.3 Å². The van der Waals surface area contributed by atoms with Crippen LogP contribution in [0, 0.1) is 6.92 Å². The van der Waals surface area contributed by atoms with Crippen LogP contribution in [-0.4, -0.2) is 25.4 Å². The Kier molecular flexibility index (Phi) is 2.96. The quantitative estimate of drug-likeness (QED) is 0.904. The van der Waals surface area contributed by atoms with E-state index in [-0.39, 0.29) is 17.8 Å². The van der Waals surface area contributed by atoms with Crippen LogP contribution in [0.5, 0.6) is 0 Å². The molecule has 3 rings (SSSR count). The monoisotopic (exact) mass is 277 g/mol. The Hall–Kier alpha value is -2.31. The molecule has 0 radical (unpaired) electrons. The van der Waals surface area contributed by atoms with Gasteiger partial charge in [0.1, 0.15) is 29.5 Å². The number of nitrogens with zero attached hydrogens (tertiary/aromatic N) is 3. The summed E-state index contributed by atoms with van der Waals surface area (Å²) in [5.41, 5.74) is -0.0392. The first-order chi connectivity index (χ1) is 9.56. The third-order valence-corrected chi connectivity index (χ3v) is 3.54. The van der Waals surface area contributed by atoms with Gasteiger partial charge in [-0.15, -0.1) is 0 Å². The number of rotatable bonds is 3. The van der Waals surface area contributed by atoms with Crippen LogP contribution in [-0.2, 0) is 19.5 Å². The van der Waals surface area contributed by atoms with Crippen LogP contribution in [0.2, 0.25) is 0 Å². The molecule has 3 heterocycles. The Morgan fingerprint density at radius 3 is 2.95 bits per heavy atom. The first kappa shape index (κ1) is 12.7. The largest absolute Gasteiger partial charge is 0.478 e. The van der Waals surface area contributed by atoms with Gasteiger partial charge in [-0.3, -0.25) is 4.57 Å². The number of aromatic nitrogens is 3. The van der Waals surface area contributed by atoms with Gasteiger partial charge < -0.3 is 9.52 Å². The van der Waals surface area contributed by atoms with Crippen LogP contribution in [0.25, 0.3) is 0 Å². The zero-order valence-corrected chi connectivity index (χ0v) is 11.1. The van der Waals surface area contributed by atoms with Crippen molar-refractivity contribution >= 4 is 5.97 Å². The third-order valence-electron chi connectivity index (χ3n) is 3.54. The van der Waals surface area contributed by atoms with E-state index in [2.05, 4.69) is 5.10 Å². The fraction of sp³-hybridized carbons (Fsp3) is 0.462. The molecule has 7 nitrogen and oxygen atoms in total. The van der Waals surface area contributed by atoms with E-state index in [9.17, 15) is 9.59 Å². The first-order valence-electron chi connectivity index (χ1n) is 6.55. The lowest BCUT2D eigenvalue weighted by molar-refractivity contribution is 0.0695. The van der Waals surface area contributed by atoms with Crippen molar-refractivity contribution < 1.29 is 14.3 Å². The van der Waals surface area contributed by atoms with Crippen molar-refractivity contribution in [3.05, 3.63) is 39.5 Å². The lowest BCUT2D eigenvalue weighted by atomic mass is 10.2. The smallest absolute Gasteiger partial charge is 0.346 e. The Labute approximate surface area is 114 Å². The van der Waals surface area contributed by atoms with Gasteiger partial charge >= 0.3 is 11.7 Å². The number of aryl methyl sites for hydroxylation is 2. The molecular weight excluding hydrogens is 262 g/mol. The Bertz CT molecular complexity index is 723. The van der Waals surface area contributed by atoms with E-state index >= 15 is 0 Å². The predicted molar refractivity (Wildman–Crippen MR) is 68.9 cm³/mol. The molecule has 0 amide bonds. The van der Waals surface area contributed by atoms with Crippen LogP contribution in [0.3, 0.4) is 0 Å². The molecule has 0 aromatic carbocycles. The van der Waals surface area contributed by atoms with Gasteiger partial charge in [-0.2, -0.15) is 5.10 Å². The normalized spacial score (nSPS) is 14.2. The zero-order chi connectivity index (χ0) is 14.3. The highest BCUT2D eigenvalue weighted by molar-refractivity contribution is 5.88. The van der Waals surface area contributed by atoms with E-state index in [0.29, 0.717) is 18.1 Å². The molecule has 2 aromatic heterocycles. The highest BCUT2D eigenvalue weighted by atomic mass is 16.4. The predicted octanol–water partition coefficient (Wildman–Crippen LogP) is 1.03. The molecule has 106 valence electrons. The van der Waals surface area contributed by atoms with Crippen LogP contribution in [0.4, 0.5) is 0 Å². The summed E-state index contributed by atoms with van der Waals surface area (Å²) in [5, 5.41) is 13.3. The Morgan fingerprint density at radius 1 is 1.50 bits per heavy atom. The van der Waals surface area contributed by atoms with Crippen LogP contribution in [0.15, 0.2) is 15.3 Å². The zero-order valence-electron chi connectivity index (χ0n) is 11.1. The van der Waals surface area contributed by atoms with E-state index in [1.807, 2.05) is 0 Å². The molecule has 0 fully saturated rings. The van der Waals surface area contributed by atoms with Gasteiger partial charge in [0.25, 0.3) is 0 Å². The number of hydrogen-bond donors (Lipinski definition) is 1. The number of carboxylic acid groups (broad SMARTS) is 1.